The highest BCUT2D eigenvalue weighted by Crippen LogP contribution is 2.24. The highest BCUT2D eigenvalue weighted by atomic mass is 19.3. The van der Waals surface area contributed by atoms with E-state index in [1.54, 1.807) is 0 Å². The van der Waals surface area contributed by atoms with Crippen molar-refractivity contribution < 1.29 is 8.78 Å². The average Bonchev–Trinajstić information content (AvgIpc) is 1.90. The Bertz CT molecular complexity index is 83.1. The summed E-state index contributed by atoms with van der Waals surface area (Å²) in [6.07, 6.45) is 0. The molecule has 9 heavy (non-hydrogen) atoms. The van der Waals surface area contributed by atoms with Gasteiger partial charge in [-0.3, -0.25) is 0 Å². The molecule has 1 nitrogen and oxygen atoms in total. The van der Waals surface area contributed by atoms with Crippen LogP contribution in [0.3, 0.4) is 0 Å². The SMILES string of the molecule is CC.CC1NCC1(F)F. The number of hydrogen-bond acceptors (Lipinski definition) is 1. The minimum Gasteiger partial charge on any atom is -0.303 e. The van der Waals surface area contributed by atoms with Crippen LogP contribution in [0.1, 0.15) is 20.8 Å². The van der Waals surface area contributed by atoms with Crippen LogP contribution in [-0.4, -0.2) is 18.5 Å². The molecule has 1 aliphatic rings. The second-order valence-electron chi connectivity index (χ2n) is 1.86. The van der Waals surface area contributed by atoms with Crippen LogP contribution in [0.2, 0.25) is 0 Å². The van der Waals surface area contributed by atoms with E-state index in [-0.39, 0.29) is 6.54 Å². The van der Waals surface area contributed by atoms with E-state index in [1.807, 2.05) is 13.8 Å². The third-order valence-corrected chi connectivity index (χ3v) is 1.28. The number of hydrogen-bond donors (Lipinski definition) is 1. The van der Waals surface area contributed by atoms with Crippen molar-refractivity contribution in [2.45, 2.75) is 32.7 Å². The Kier molecular flexibility index (Phi) is 3.04. The first-order valence-electron chi connectivity index (χ1n) is 3.24. The zero-order chi connectivity index (χ0) is 7.49. The fraction of sp³-hybridized carbons (Fsp3) is 1.00. The molecule has 0 aliphatic carbocycles. The van der Waals surface area contributed by atoms with Crippen LogP contribution in [0.25, 0.3) is 0 Å². The monoisotopic (exact) mass is 137 g/mol. The normalized spacial score (nSPS) is 29.7. The molecule has 0 saturated carbocycles. The summed E-state index contributed by atoms with van der Waals surface area (Å²) in [4.78, 5) is 0. The lowest BCUT2D eigenvalue weighted by Gasteiger charge is -2.34. The lowest BCUT2D eigenvalue weighted by molar-refractivity contribution is -0.0880. The molecular weight excluding hydrogens is 124 g/mol. The van der Waals surface area contributed by atoms with Gasteiger partial charge in [-0.2, -0.15) is 0 Å². The average molecular weight is 137 g/mol. The molecule has 0 aromatic heterocycles. The molecule has 0 bridgehead atoms. The predicted molar refractivity (Wildman–Crippen MR) is 33.8 cm³/mol. The second kappa shape index (κ2) is 3.11. The van der Waals surface area contributed by atoms with Crippen molar-refractivity contribution in [2.75, 3.05) is 6.54 Å². The Labute approximate surface area is 54.4 Å². The Hall–Kier alpha value is -0.180. The van der Waals surface area contributed by atoms with Crippen molar-refractivity contribution in [1.82, 2.24) is 5.32 Å². The number of alkyl halides is 2. The molecule has 1 N–H and O–H groups in total. The lowest BCUT2D eigenvalue weighted by atomic mass is 10.1. The third-order valence-electron chi connectivity index (χ3n) is 1.28. The summed E-state index contributed by atoms with van der Waals surface area (Å²) >= 11 is 0. The maximum Gasteiger partial charge on any atom is 0.274 e. The van der Waals surface area contributed by atoms with E-state index in [1.165, 1.54) is 6.92 Å². The molecule has 1 unspecified atom stereocenters. The van der Waals surface area contributed by atoms with Crippen molar-refractivity contribution in [1.29, 1.82) is 0 Å². The zero-order valence-electron chi connectivity index (χ0n) is 6.04. The van der Waals surface area contributed by atoms with Crippen LogP contribution in [-0.2, 0) is 0 Å². The van der Waals surface area contributed by atoms with Crippen molar-refractivity contribution in [3.63, 3.8) is 0 Å². The van der Waals surface area contributed by atoms with Gasteiger partial charge in [0, 0.05) is 0 Å². The van der Waals surface area contributed by atoms with Gasteiger partial charge >= 0.3 is 0 Å². The molecule has 1 aliphatic heterocycles. The molecule has 1 saturated heterocycles. The molecule has 56 valence electrons. The van der Waals surface area contributed by atoms with Crippen molar-refractivity contribution in [2.24, 2.45) is 0 Å². The summed E-state index contributed by atoms with van der Waals surface area (Å²) in [5, 5.41) is 2.55. The van der Waals surface area contributed by atoms with Crippen LogP contribution in [0.15, 0.2) is 0 Å². The molecular formula is C6H13F2N. The van der Waals surface area contributed by atoms with Gasteiger partial charge in [-0.1, -0.05) is 13.8 Å². The summed E-state index contributed by atoms with van der Waals surface area (Å²) < 4.78 is 23.7. The summed E-state index contributed by atoms with van der Waals surface area (Å²) in [6, 6.07) is -0.604. The van der Waals surface area contributed by atoms with E-state index >= 15 is 0 Å². The van der Waals surface area contributed by atoms with Crippen LogP contribution >= 0.6 is 0 Å². The highest BCUT2D eigenvalue weighted by Gasteiger charge is 2.44. The molecule has 3 heteroatoms. The van der Waals surface area contributed by atoms with Gasteiger partial charge in [0.05, 0.1) is 12.6 Å². The Morgan fingerprint density at radius 1 is 1.44 bits per heavy atom. The molecule has 1 rings (SSSR count). The molecule has 0 aromatic carbocycles. The fourth-order valence-electron chi connectivity index (χ4n) is 0.460. The van der Waals surface area contributed by atoms with Gasteiger partial charge in [0.1, 0.15) is 0 Å². The van der Waals surface area contributed by atoms with Crippen molar-refractivity contribution in [3.8, 4) is 0 Å². The Morgan fingerprint density at radius 2 is 1.78 bits per heavy atom. The van der Waals surface area contributed by atoms with Crippen LogP contribution in [0.5, 0.6) is 0 Å². The largest absolute Gasteiger partial charge is 0.303 e. The van der Waals surface area contributed by atoms with Crippen molar-refractivity contribution >= 4 is 0 Å². The van der Waals surface area contributed by atoms with E-state index in [9.17, 15) is 8.78 Å². The summed E-state index contributed by atoms with van der Waals surface area (Å²) in [5.74, 6) is -2.43. The summed E-state index contributed by atoms with van der Waals surface area (Å²) in [5.41, 5.74) is 0. The Balaban J connectivity index is 0.000000291. The van der Waals surface area contributed by atoms with Gasteiger partial charge in [-0.25, -0.2) is 8.78 Å². The highest BCUT2D eigenvalue weighted by molar-refractivity contribution is 4.91. The maximum atomic E-state index is 11.9. The second-order valence-corrected chi connectivity index (χ2v) is 1.86. The lowest BCUT2D eigenvalue weighted by Crippen LogP contribution is -2.60. The summed E-state index contributed by atoms with van der Waals surface area (Å²) in [7, 11) is 0. The molecule has 0 amide bonds. The standard InChI is InChI=1S/C4H7F2N.C2H6/c1-3-4(5,6)2-7-3;1-2/h3,7H,2H2,1H3;1-2H3. The van der Waals surface area contributed by atoms with Crippen LogP contribution in [0, 0.1) is 0 Å². The first-order chi connectivity index (χ1) is 4.13. The number of nitrogens with one attached hydrogen (secondary N) is 1. The van der Waals surface area contributed by atoms with E-state index in [0.29, 0.717) is 0 Å². The molecule has 1 fully saturated rings. The molecule has 0 spiro atoms. The van der Waals surface area contributed by atoms with E-state index < -0.39 is 12.0 Å². The van der Waals surface area contributed by atoms with E-state index in [0.717, 1.165) is 0 Å². The molecule has 0 aromatic rings. The van der Waals surface area contributed by atoms with Gasteiger partial charge in [-0.05, 0) is 6.92 Å². The maximum absolute atomic E-state index is 11.9. The smallest absolute Gasteiger partial charge is 0.274 e. The number of rotatable bonds is 0. The van der Waals surface area contributed by atoms with Crippen LogP contribution in [0.4, 0.5) is 8.78 Å². The van der Waals surface area contributed by atoms with Crippen molar-refractivity contribution in [3.05, 3.63) is 0 Å². The van der Waals surface area contributed by atoms with Crippen LogP contribution < -0.4 is 5.32 Å². The molecule has 1 heterocycles. The molecule has 0 radical (unpaired) electrons. The van der Waals surface area contributed by atoms with Gasteiger partial charge in [0.15, 0.2) is 0 Å². The first-order valence-corrected chi connectivity index (χ1v) is 3.24. The number of halogens is 2. The topological polar surface area (TPSA) is 12.0 Å². The van der Waals surface area contributed by atoms with Gasteiger partial charge < -0.3 is 5.32 Å². The first kappa shape index (κ1) is 8.82. The van der Waals surface area contributed by atoms with E-state index in [2.05, 4.69) is 5.32 Å². The quantitative estimate of drug-likeness (QED) is 0.535. The zero-order valence-corrected chi connectivity index (χ0v) is 6.04. The van der Waals surface area contributed by atoms with Gasteiger partial charge in [0.2, 0.25) is 0 Å². The minimum absolute atomic E-state index is 0.145. The van der Waals surface area contributed by atoms with Gasteiger partial charge in [-0.15, -0.1) is 0 Å². The molecule has 1 atom stereocenters. The summed E-state index contributed by atoms with van der Waals surface area (Å²) in [6.45, 7) is 5.33. The fourth-order valence-corrected chi connectivity index (χ4v) is 0.460. The van der Waals surface area contributed by atoms with Gasteiger partial charge in [0.25, 0.3) is 5.92 Å². The predicted octanol–water partition coefficient (Wildman–Crippen LogP) is 1.64. The Morgan fingerprint density at radius 3 is 1.78 bits per heavy atom. The van der Waals surface area contributed by atoms with E-state index in [4.69, 9.17) is 0 Å². The minimum atomic E-state index is -2.43. The third kappa shape index (κ3) is 1.90.